The highest BCUT2D eigenvalue weighted by Crippen LogP contribution is 2.27. The lowest BCUT2D eigenvalue weighted by Crippen LogP contribution is -2.32. The summed E-state index contributed by atoms with van der Waals surface area (Å²) in [5.74, 6) is 0.616. The maximum Gasteiger partial charge on any atom is 0.228 e. The van der Waals surface area contributed by atoms with Gasteiger partial charge < -0.3 is 15.2 Å². The molecule has 1 aliphatic rings. The largest absolute Gasteiger partial charge is 0.356 e. The SMILES string of the molecule is O=C(CCC1Cc2ccccc2NC1=O)NCCc1nc(-c2ccc(Cl)cc2)no1. The number of benzene rings is 2. The minimum atomic E-state index is -0.191. The maximum absolute atomic E-state index is 12.2. The Kier molecular flexibility index (Phi) is 6.09. The van der Waals surface area contributed by atoms with Gasteiger partial charge in [0.2, 0.25) is 23.5 Å². The molecule has 2 N–H and O–H groups in total. The van der Waals surface area contributed by atoms with Crippen LogP contribution in [0.1, 0.15) is 24.3 Å². The normalized spacial score (nSPS) is 15.4. The predicted octanol–water partition coefficient (Wildman–Crippen LogP) is 3.64. The van der Waals surface area contributed by atoms with Gasteiger partial charge in [-0.3, -0.25) is 9.59 Å². The van der Waals surface area contributed by atoms with Crippen LogP contribution in [-0.2, 0) is 22.4 Å². The Balaban J connectivity index is 1.21. The highest BCUT2D eigenvalue weighted by Gasteiger charge is 2.26. The molecule has 1 unspecified atom stereocenters. The molecule has 7 nitrogen and oxygen atoms in total. The Morgan fingerprint density at radius 1 is 1.20 bits per heavy atom. The number of fused-ring (bicyclic) bond motifs is 1. The van der Waals surface area contributed by atoms with Gasteiger partial charge in [-0.15, -0.1) is 0 Å². The van der Waals surface area contributed by atoms with Crippen LogP contribution in [0.3, 0.4) is 0 Å². The molecule has 1 atom stereocenters. The predicted molar refractivity (Wildman–Crippen MR) is 113 cm³/mol. The molecule has 2 amide bonds. The van der Waals surface area contributed by atoms with Crippen LogP contribution in [0.5, 0.6) is 0 Å². The van der Waals surface area contributed by atoms with E-state index in [1.54, 1.807) is 12.1 Å². The Morgan fingerprint density at radius 2 is 2.00 bits per heavy atom. The van der Waals surface area contributed by atoms with E-state index >= 15 is 0 Å². The number of hydrogen-bond donors (Lipinski definition) is 2. The molecule has 2 heterocycles. The number of nitrogens with one attached hydrogen (secondary N) is 2. The van der Waals surface area contributed by atoms with E-state index in [0.29, 0.717) is 49.0 Å². The first kappa shape index (κ1) is 20.1. The van der Waals surface area contributed by atoms with Crippen LogP contribution < -0.4 is 10.6 Å². The number of amides is 2. The average molecular weight is 425 g/mol. The molecule has 0 saturated carbocycles. The molecule has 30 heavy (non-hydrogen) atoms. The number of anilines is 1. The van der Waals surface area contributed by atoms with Crippen molar-refractivity contribution in [2.24, 2.45) is 5.92 Å². The first-order chi connectivity index (χ1) is 14.6. The summed E-state index contributed by atoms with van der Waals surface area (Å²) in [6.07, 6.45) is 1.89. The summed E-state index contributed by atoms with van der Waals surface area (Å²) in [4.78, 5) is 28.7. The van der Waals surface area contributed by atoms with E-state index in [9.17, 15) is 9.59 Å². The molecule has 1 aromatic heterocycles. The number of carbonyl (C=O) groups is 2. The molecule has 8 heteroatoms. The first-order valence-electron chi connectivity index (χ1n) is 9.82. The fraction of sp³-hybridized carbons (Fsp3) is 0.273. The zero-order valence-corrected chi connectivity index (χ0v) is 17.0. The Hall–Kier alpha value is -3.19. The number of halogens is 1. The van der Waals surface area contributed by atoms with Gasteiger partial charge in [-0.05, 0) is 48.7 Å². The number of hydrogen-bond acceptors (Lipinski definition) is 5. The molecule has 0 bridgehead atoms. The summed E-state index contributed by atoms with van der Waals surface area (Å²) in [5.41, 5.74) is 2.78. The van der Waals surface area contributed by atoms with E-state index in [0.717, 1.165) is 16.8 Å². The molecule has 4 rings (SSSR count). The van der Waals surface area contributed by atoms with Gasteiger partial charge in [-0.25, -0.2) is 0 Å². The van der Waals surface area contributed by atoms with Gasteiger partial charge in [0.1, 0.15) is 0 Å². The van der Waals surface area contributed by atoms with Crippen LogP contribution in [0.15, 0.2) is 53.1 Å². The summed E-state index contributed by atoms with van der Waals surface area (Å²) >= 11 is 5.88. The van der Waals surface area contributed by atoms with Crippen molar-refractivity contribution in [1.82, 2.24) is 15.5 Å². The smallest absolute Gasteiger partial charge is 0.228 e. The molecular weight excluding hydrogens is 404 g/mol. The maximum atomic E-state index is 12.2. The quantitative estimate of drug-likeness (QED) is 0.603. The van der Waals surface area contributed by atoms with E-state index in [1.807, 2.05) is 36.4 Å². The van der Waals surface area contributed by atoms with Crippen molar-refractivity contribution in [2.75, 3.05) is 11.9 Å². The van der Waals surface area contributed by atoms with Gasteiger partial charge in [0.15, 0.2) is 0 Å². The van der Waals surface area contributed by atoms with Gasteiger partial charge in [0.05, 0.1) is 0 Å². The van der Waals surface area contributed by atoms with Crippen LogP contribution in [-0.4, -0.2) is 28.5 Å². The molecule has 1 aliphatic heterocycles. The van der Waals surface area contributed by atoms with Gasteiger partial charge >= 0.3 is 0 Å². The van der Waals surface area contributed by atoms with E-state index in [2.05, 4.69) is 20.8 Å². The topological polar surface area (TPSA) is 97.1 Å². The van der Waals surface area contributed by atoms with Crippen molar-refractivity contribution < 1.29 is 14.1 Å². The molecule has 0 spiro atoms. The van der Waals surface area contributed by atoms with Gasteiger partial charge in [-0.1, -0.05) is 35.0 Å². The zero-order valence-electron chi connectivity index (χ0n) is 16.2. The molecule has 0 radical (unpaired) electrons. The lowest BCUT2D eigenvalue weighted by molar-refractivity contribution is -0.122. The Morgan fingerprint density at radius 3 is 2.83 bits per heavy atom. The van der Waals surface area contributed by atoms with Crippen molar-refractivity contribution in [1.29, 1.82) is 0 Å². The number of carbonyl (C=O) groups excluding carboxylic acids is 2. The standard InChI is InChI=1S/C22H21ClN4O3/c23-17-8-5-14(6-9-17)21-26-20(30-27-21)11-12-24-19(28)10-7-16-13-15-3-1-2-4-18(15)25-22(16)29/h1-6,8-9,16H,7,10-13H2,(H,24,28)(H,25,29). The van der Waals surface area contributed by atoms with Crippen LogP contribution in [0, 0.1) is 5.92 Å². The first-order valence-corrected chi connectivity index (χ1v) is 10.2. The second kappa shape index (κ2) is 9.09. The minimum Gasteiger partial charge on any atom is -0.356 e. The highest BCUT2D eigenvalue weighted by molar-refractivity contribution is 6.30. The number of aromatic nitrogens is 2. The summed E-state index contributed by atoms with van der Waals surface area (Å²) in [6.45, 7) is 0.390. The third kappa shape index (κ3) is 4.86. The van der Waals surface area contributed by atoms with Gasteiger partial charge in [0, 0.05) is 41.6 Å². The second-order valence-electron chi connectivity index (χ2n) is 7.20. The average Bonchev–Trinajstić information content (AvgIpc) is 3.21. The molecule has 2 aromatic carbocycles. The van der Waals surface area contributed by atoms with Crippen LogP contribution >= 0.6 is 11.6 Å². The number of para-hydroxylation sites is 1. The zero-order chi connectivity index (χ0) is 20.9. The fourth-order valence-electron chi connectivity index (χ4n) is 3.42. The van der Waals surface area contributed by atoms with Crippen molar-refractivity contribution in [2.45, 2.75) is 25.7 Å². The molecule has 0 fully saturated rings. The number of rotatable bonds is 7. The third-order valence-corrected chi connectivity index (χ3v) is 5.32. The van der Waals surface area contributed by atoms with Gasteiger partial charge in [0.25, 0.3) is 0 Å². The van der Waals surface area contributed by atoms with E-state index in [1.165, 1.54) is 0 Å². The lowest BCUT2D eigenvalue weighted by atomic mass is 9.89. The van der Waals surface area contributed by atoms with Crippen molar-refractivity contribution in [3.05, 3.63) is 65.0 Å². The van der Waals surface area contributed by atoms with E-state index in [4.69, 9.17) is 16.1 Å². The van der Waals surface area contributed by atoms with Crippen LogP contribution in [0.4, 0.5) is 5.69 Å². The highest BCUT2D eigenvalue weighted by atomic mass is 35.5. The van der Waals surface area contributed by atoms with Crippen LogP contribution in [0.25, 0.3) is 11.4 Å². The van der Waals surface area contributed by atoms with E-state index in [-0.39, 0.29) is 17.7 Å². The second-order valence-corrected chi connectivity index (χ2v) is 7.64. The van der Waals surface area contributed by atoms with E-state index < -0.39 is 0 Å². The Labute approximate surface area is 178 Å². The summed E-state index contributed by atoms with van der Waals surface area (Å²) in [7, 11) is 0. The van der Waals surface area contributed by atoms with Crippen molar-refractivity contribution >= 4 is 29.1 Å². The summed E-state index contributed by atoms with van der Waals surface area (Å²) in [5, 5.41) is 10.3. The molecule has 154 valence electrons. The Bertz CT molecular complexity index is 1050. The monoisotopic (exact) mass is 424 g/mol. The molecular formula is C22H21ClN4O3. The lowest BCUT2D eigenvalue weighted by Gasteiger charge is -2.24. The van der Waals surface area contributed by atoms with Crippen molar-refractivity contribution in [3.8, 4) is 11.4 Å². The fourth-order valence-corrected chi connectivity index (χ4v) is 3.55. The third-order valence-electron chi connectivity index (χ3n) is 5.06. The van der Waals surface area contributed by atoms with Gasteiger partial charge in [-0.2, -0.15) is 4.98 Å². The number of nitrogens with zero attached hydrogens (tertiary/aromatic N) is 2. The van der Waals surface area contributed by atoms with Crippen LogP contribution in [0.2, 0.25) is 5.02 Å². The molecule has 0 saturated heterocycles. The van der Waals surface area contributed by atoms with Crippen molar-refractivity contribution in [3.63, 3.8) is 0 Å². The summed E-state index contributed by atoms with van der Waals surface area (Å²) in [6, 6.07) is 14.9. The minimum absolute atomic E-state index is 0.0258. The molecule has 3 aromatic rings. The summed E-state index contributed by atoms with van der Waals surface area (Å²) < 4.78 is 5.24. The molecule has 0 aliphatic carbocycles.